The Bertz CT molecular complexity index is 601. The highest BCUT2D eigenvalue weighted by Gasteiger charge is 2.36. The minimum Gasteiger partial charge on any atom is -0.370 e. The molecule has 1 aliphatic carbocycles. The van der Waals surface area contributed by atoms with E-state index < -0.39 is 0 Å². The zero-order valence-electron chi connectivity index (χ0n) is 14.8. The van der Waals surface area contributed by atoms with Crippen molar-refractivity contribution in [3.63, 3.8) is 0 Å². The largest absolute Gasteiger partial charge is 0.370 e. The van der Waals surface area contributed by atoms with E-state index in [0.717, 1.165) is 25.9 Å². The van der Waals surface area contributed by atoms with Gasteiger partial charge in [-0.2, -0.15) is 0 Å². The molecule has 1 saturated carbocycles. The van der Waals surface area contributed by atoms with E-state index in [0.29, 0.717) is 18.7 Å². The number of benzene rings is 1. The van der Waals surface area contributed by atoms with E-state index in [1.807, 2.05) is 17.9 Å². The highest BCUT2D eigenvalue weighted by molar-refractivity contribution is 5.79. The first-order chi connectivity index (χ1) is 11.3. The Balaban J connectivity index is 1.66. The van der Waals surface area contributed by atoms with Crippen LogP contribution in [0.3, 0.4) is 0 Å². The van der Waals surface area contributed by atoms with Gasteiger partial charge in [-0.1, -0.05) is 18.2 Å². The molecule has 2 fully saturated rings. The molecule has 0 aromatic heterocycles. The van der Waals surface area contributed by atoms with Crippen molar-refractivity contribution in [1.29, 1.82) is 0 Å². The second kappa shape index (κ2) is 6.81. The summed E-state index contributed by atoms with van der Waals surface area (Å²) in [6.07, 6.45) is 2.15. The zero-order valence-corrected chi connectivity index (χ0v) is 14.8. The second-order valence-electron chi connectivity index (χ2n) is 7.70. The fourth-order valence-electron chi connectivity index (χ4n) is 3.61. The van der Waals surface area contributed by atoms with Gasteiger partial charge >= 0.3 is 0 Å². The smallest absolute Gasteiger partial charge is 0.237 e. The molecule has 1 heterocycles. The van der Waals surface area contributed by atoms with Crippen LogP contribution in [0.5, 0.6) is 0 Å². The van der Waals surface area contributed by atoms with Gasteiger partial charge in [0.1, 0.15) is 5.82 Å². The van der Waals surface area contributed by atoms with Crippen LogP contribution in [0.2, 0.25) is 0 Å². The van der Waals surface area contributed by atoms with E-state index in [9.17, 15) is 9.18 Å². The Labute approximate surface area is 143 Å². The van der Waals surface area contributed by atoms with Gasteiger partial charge in [0.2, 0.25) is 5.91 Å². The molecule has 1 aromatic carbocycles. The minimum atomic E-state index is -0.242. The predicted molar refractivity (Wildman–Crippen MR) is 91.0 cm³/mol. The monoisotopic (exact) mass is 334 g/mol. The fourth-order valence-corrected chi connectivity index (χ4v) is 3.61. The van der Waals surface area contributed by atoms with E-state index in [4.69, 9.17) is 4.74 Å². The lowest BCUT2D eigenvalue weighted by Crippen LogP contribution is -2.54. The number of hydrogen-bond donors (Lipinski definition) is 0. The number of halogens is 1. The van der Waals surface area contributed by atoms with Crippen LogP contribution in [0, 0.1) is 5.82 Å². The van der Waals surface area contributed by atoms with Gasteiger partial charge < -0.3 is 9.64 Å². The van der Waals surface area contributed by atoms with Gasteiger partial charge in [-0.05, 0) is 39.7 Å². The maximum atomic E-state index is 13.9. The topological polar surface area (TPSA) is 32.8 Å². The van der Waals surface area contributed by atoms with E-state index in [1.165, 1.54) is 6.07 Å². The SMILES string of the molecule is C[C@@H]1CN(CC(=O)N(Cc2ccccc2F)C2CC2)CC(C)(C)O1. The van der Waals surface area contributed by atoms with Crippen molar-refractivity contribution in [1.82, 2.24) is 9.80 Å². The highest BCUT2D eigenvalue weighted by atomic mass is 19.1. The average Bonchev–Trinajstić information content (AvgIpc) is 3.28. The summed E-state index contributed by atoms with van der Waals surface area (Å²) >= 11 is 0. The summed E-state index contributed by atoms with van der Waals surface area (Å²) in [5.41, 5.74) is 0.349. The normalized spacial score (nSPS) is 23.9. The van der Waals surface area contributed by atoms with Crippen molar-refractivity contribution in [3.8, 4) is 0 Å². The molecule has 5 heteroatoms. The van der Waals surface area contributed by atoms with Crippen molar-refractivity contribution in [2.75, 3.05) is 19.6 Å². The third kappa shape index (κ3) is 4.33. The number of rotatable bonds is 5. The molecule has 3 rings (SSSR count). The molecule has 1 atom stereocenters. The summed E-state index contributed by atoms with van der Waals surface area (Å²) in [5, 5.41) is 0. The van der Waals surface area contributed by atoms with Gasteiger partial charge in [-0.3, -0.25) is 9.69 Å². The van der Waals surface area contributed by atoms with E-state index >= 15 is 0 Å². The van der Waals surface area contributed by atoms with E-state index in [-0.39, 0.29) is 29.5 Å². The maximum absolute atomic E-state index is 13.9. The highest BCUT2D eigenvalue weighted by Crippen LogP contribution is 2.29. The van der Waals surface area contributed by atoms with Crippen LogP contribution in [0.4, 0.5) is 4.39 Å². The van der Waals surface area contributed by atoms with Crippen LogP contribution < -0.4 is 0 Å². The summed E-state index contributed by atoms with van der Waals surface area (Å²) in [7, 11) is 0. The first kappa shape index (κ1) is 17.4. The Kier molecular flexibility index (Phi) is 4.92. The number of carbonyl (C=O) groups excluding carboxylic acids is 1. The Morgan fingerprint density at radius 1 is 1.38 bits per heavy atom. The predicted octanol–water partition coefficient (Wildman–Crippen LogP) is 2.82. The number of carbonyl (C=O) groups is 1. The molecular formula is C19H27FN2O2. The quantitative estimate of drug-likeness (QED) is 0.830. The minimum absolute atomic E-state index is 0.0886. The molecule has 1 saturated heterocycles. The third-order valence-electron chi connectivity index (χ3n) is 4.61. The molecule has 24 heavy (non-hydrogen) atoms. The molecule has 4 nitrogen and oxygen atoms in total. The van der Waals surface area contributed by atoms with Crippen molar-refractivity contribution >= 4 is 5.91 Å². The summed E-state index contributed by atoms with van der Waals surface area (Å²) in [6.45, 7) is 8.38. The number of morpholine rings is 1. The summed E-state index contributed by atoms with van der Waals surface area (Å²) in [5.74, 6) is -0.150. The Morgan fingerprint density at radius 3 is 2.71 bits per heavy atom. The standard InChI is InChI=1S/C19H27FN2O2/c1-14-10-21(13-19(2,3)24-14)12-18(23)22(16-8-9-16)11-15-6-4-5-7-17(15)20/h4-7,14,16H,8-13H2,1-3H3/t14-/m1/s1. The molecule has 2 aliphatic rings. The molecule has 132 valence electrons. The number of ether oxygens (including phenoxy) is 1. The van der Waals surface area contributed by atoms with Gasteiger partial charge in [-0.25, -0.2) is 4.39 Å². The maximum Gasteiger partial charge on any atom is 0.237 e. The molecular weight excluding hydrogens is 307 g/mol. The molecule has 0 spiro atoms. The molecule has 1 aliphatic heterocycles. The third-order valence-corrected chi connectivity index (χ3v) is 4.61. The van der Waals surface area contributed by atoms with Crippen molar-refractivity contribution < 1.29 is 13.9 Å². The van der Waals surface area contributed by atoms with Crippen LogP contribution in [-0.2, 0) is 16.1 Å². The first-order valence-electron chi connectivity index (χ1n) is 8.77. The van der Waals surface area contributed by atoms with Gasteiger partial charge in [0, 0.05) is 31.2 Å². The average molecular weight is 334 g/mol. The molecule has 1 amide bonds. The molecule has 0 N–H and O–H groups in total. The Morgan fingerprint density at radius 2 is 2.08 bits per heavy atom. The molecule has 0 unspecified atom stereocenters. The lowest BCUT2D eigenvalue weighted by atomic mass is 10.1. The fraction of sp³-hybridized carbons (Fsp3) is 0.632. The van der Waals surface area contributed by atoms with Crippen LogP contribution in [0.25, 0.3) is 0 Å². The summed E-state index contributed by atoms with van der Waals surface area (Å²) < 4.78 is 19.8. The lowest BCUT2D eigenvalue weighted by Gasteiger charge is -2.42. The number of nitrogens with zero attached hydrogens (tertiary/aromatic N) is 2. The van der Waals surface area contributed by atoms with Crippen LogP contribution in [0.15, 0.2) is 24.3 Å². The van der Waals surface area contributed by atoms with Gasteiger partial charge in [0.05, 0.1) is 18.2 Å². The van der Waals surface area contributed by atoms with Gasteiger partial charge in [-0.15, -0.1) is 0 Å². The number of amides is 1. The van der Waals surface area contributed by atoms with Crippen LogP contribution in [0.1, 0.15) is 39.2 Å². The van der Waals surface area contributed by atoms with Crippen LogP contribution in [-0.4, -0.2) is 53.1 Å². The lowest BCUT2D eigenvalue weighted by molar-refractivity contribution is -0.146. The molecule has 1 aromatic rings. The van der Waals surface area contributed by atoms with Gasteiger partial charge in [0.15, 0.2) is 0 Å². The second-order valence-corrected chi connectivity index (χ2v) is 7.70. The Hall–Kier alpha value is -1.46. The van der Waals surface area contributed by atoms with Crippen molar-refractivity contribution in [2.45, 2.75) is 57.9 Å². The van der Waals surface area contributed by atoms with Crippen molar-refractivity contribution in [2.24, 2.45) is 0 Å². The van der Waals surface area contributed by atoms with Crippen LogP contribution >= 0.6 is 0 Å². The van der Waals surface area contributed by atoms with Crippen molar-refractivity contribution in [3.05, 3.63) is 35.6 Å². The van der Waals surface area contributed by atoms with Gasteiger partial charge in [0.25, 0.3) is 0 Å². The first-order valence-corrected chi connectivity index (χ1v) is 8.77. The van der Waals surface area contributed by atoms with E-state index in [2.05, 4.69) is 18.7 Å². The summed E-state index contributed by atoms with van der Waals surface area (Å²) in [6, 6.07) is 6.98. The van der Waals surface area contributed by atoms with E-state index in [1.54, 1.807) is 12.1 Å². The molecule has 0 bridgehead atoms. The number of hydrogen-bond acceptors (Lipinski definition) is 3. The summed E-state index contributed by atoms with van der Waals surface area (Å²) in [4.78, 5) is 16.9. The zero-order chi connectivity index (χ0) is 17.3. The molecule has 0 radical (unpaired) electrons.